The van der Waals surface area contributed by atoms with E-state index in [2.05, 4.69) is 10.3 Å². The molecule has 0 bridgehead atoms. The van der Waals surface area contributed by atoms with E-state index in [1.807, 2.05) is 24.0 Å². The second kappa shape index (κ2) is 9.36. The minimum Gasteiger partial charge on any atom is -0.436 e. The molecule has 0 spiro atoms. The van der Waals surface area contributed by atoms with Crippen LogP contribution >= 0.6 is 11.6 Å². The lowest BCUT2D eigenvalue weighted by Crippen LogP contribution is -2.36. The third-order valence-electron chi connectivity index (χ3n) is 5.87. The number of hydrogen-bond acceptors (Lipinski definition) is 7. The molecule has 1 amide bonds. The van der Waals surface area contributed by atoms with Gasteiger partial charge in [0, 0.05) is 41.0 Å². The molecule has 0 atom stereocenters. The van der Waals surface area contributed by atoms with Crippen LogP contribution in [0.15, 0.2) is 59.0 Å². The fraction of sp³-hybridized carbons (Fsp3) is 0.200. The van der Waals surface area contributed by atoms with Crippen LogP contribution in [0.25, 0.3) is 22.6 Å². The largest absolute Gasteiger partial charge is 0.436 e. The standard InChI is InChI=1S/C25H21ClN4O5/c1-15-2-3-17(25-28-20-14-18(26)5-7-23(20)35-25)12-19(15)27-24(31)16-4-6-21(22(13-16)30(32)33)29-8-10-34-11-9-29/h2-7,12-14H,8-11H2,1H3,(H,27,31). The number of hydrogen-bond donors (Lipinski definition) is 1. The van der Waals surface area contributed by atoms with E-state index in [1.165, 1.54) is 6.07 Å². The Kier molecular flexibility index (Phi) is 6.10. The Morgan fingerprint density at radius 3 is 2.69 bits per heavy atom. The average molecular weight is 493 g/mol. The van der Waals surface area contributed by atoms with E-state index in [9.17, 15) is 14.9 Å². The number of halogens is 1. The van der Waals surface area contributed by atoms with Crippen molar-refractivity contribution in [2.75, 3.05) is 36.5 Å². The third kappa shape index (κ3) is 4.68. The van der Waals surface area contributed by atoms with Crippen LogP contribution in [0.4, 0.5) is 17.1 Å². The second-order valence-electron chi connectivity index (χ2n) is 8.17. The zero-order chi connectivity index (χ0) is 24.5. The molecular formula is C25H21ClN4O5. The molecule has 0 radical (unpaired) electrons. The lowest BCUT2D eigenvalue weighted by Gasteiger charge is -2.28. The fourth-order valence-corrected chi connectivity index (χ4v) is 4.16. The first-order valence-corrected chi connectivity index (χ1v) is 11.4. The number of anilines is 2. The van der Waals surface area contributed by atoms with Gasteiger partial charge in [-0.15, -0.1) is 0 Å². The van der Waals surface area contributed by atoms with Crippen LogP contribution in [0, 0.1) is 17.0 Å². The van der Waals surface area contributed by atoms with Gasteiger partial charge >= 0.3 is 0 Å². The molecule has 10 heteroatoms. The molecule has 0 aliphatic carbocycles. The van der Waals surface area contributed by atoms with Gasteiger partial charge in [-0.2, -0.15) is 0 Å². The first-order valence-electron chi connectivity index (χ1n) is 11.0. The Morgan fingerprint density at radius 2 is 1.91 bits per heavy atom. The minimum absolute atomic E-state index is 0.116. The number of fused-ring (bicyclic) bond motifs is 1. The van der Waals surface area contributed by atoms with Crippen molar-refractivity contribution in [2.45, 2.75) is 6.92 Å². The molecular weight excluding hydrogens is 472 g/mol. The number of morpholine rings is 1. The molecule has 1 aliphatic rings. The lowest BCUT2D eigenvalue weighted by molar-refractivity contribution is -0.384. The van der Waals surface area contributed by atoms with E-state index in [4.69, 9.17) is 20.8 Å². The van der Waals surface area contributed by atoms with Crippen molar-refractivity contribution in [1.29, 1.82) is 0 Å². The molecule has 178 valence electrons. The van der Waals surface area contributed by atoms with Crippen molar-refractivity contribution in [1.82, 2.24) is 4.98 Å². The summed E-state index contributed by atoms with van der Waals surface area (Å²) in [6, 6.07) is 15.2. The second-order valence-corrected chi connectivity index (χ2v) is 8.61. The highest BCUT2D eigenvalue weighted by Crippen LogP contribution is 2.32. The van der Waals surface area contributed by atoms with Gasteiger partial charge in [-0.05, 0) is 55.0 Å². The predicted octanol–water partition coefficient (Wildman–Crippen LogP) is 5.45. The van der Waals surface area contributed by atoms with E-state index < -0.39 is 10.8 Å². The smallest absolute Gasteiger partial charge is 0.293 e. The molecule has 1 aliphatic heterocycles. The number of carbonyl (C=O) groups is 1. The number of nitro benzene ring substituents is 1. The van der Waals surface area contributed by atoms with Gasteiger partial charge < -0.3 is 19.4 Å². The minimum atomic E-state index is -0.465. The summed E-state index contributed by atoms with van der Waals surface area (Å²) in [5.41, 5.74) is 3.82. The SMILES string of the molecule is Cc1ccc(-c2nc3cc(Cl)ccc3o2)cc1NC(=O)c1ccc(N2CCOCC2)c([N+](=O)[O-])c1. The Hall–Kier alpha value is -3.95. The number of nitro groups is 1. The van der Waals surface area contributed by atoms with Gasteiger partial charge in [0.05, 0.1) is 18.1 Å². The third-order valence-corrected chi connectivity index (χ3v) is 6.10. The maximum atomic E-state index is 13.0. The molecule has 5 rings (SSSR count). The molecule has 35 heavy (non-hydrogen) atoms. The zero-order valence-corrected chi connectivity index (χ0v) is 19.5. The van der Waals surface area contributed by atoms with Gasteiger partial charge in [0.25, 0.3) is 11.6 Å². The predicted molar refractivity (Wildman–Crippen MR) is 133 cm³/mol. The average Bonchev–Trinajstić information content (AvgIpc) is 3.28. The summed E-state index contributed by atoms with van der Waals surface area (Å²) in [5.74, 6) is -0.0607. The zero-order valence-electron chi connectivity index (χ0n) is 18.8. The number of oxazole rings is 1. The first-order chi connectivity index (χ1) is 16.9. The summed E-state index contributed by atoms with van der Waals surface area (Å²) in [7, 11) is 0. The van der Waals surface area contributed by atoms with Crippen LogP contribution in [-0.4, -0.2) is 42.1 Å². The summed E-state index contributed by atoms with van der Waals surface area (Å²) in [6.07, 6.45) is 0. The number of amides is 1. The van der Waals surface area contributed by atoms with Crippen LogP contribution < -0.4 is 10.2 Å². The summed E-state index contributed by atoms with van der Waals surface area (Å²) < 4.78 is 11.2. The first kappa shape index (κ1) is 22.8. The fourth-order valence-electron chi connectivity index (χ4n) is 3.99. The monoisotopic (exact) mass is 492 g/mol. The highest BCUT2D eigenvalue weighted by molar-refractivity contribution is 6.31. The maximum Gasteiger partial charge on any atom is 0.293 e. The summed E-state index contributed by atoms with van der Waals surface area (Å²) in [5, 5.41) is 15.2. The van der Waals surface area contributed by atoms with Gasteiger partial charge in [0.2, 0.25) is 5.89 Å². The summed E-state index contributed by atoms with van der Waals surface area (Å²) in [6.45, 7) is 3.97. The van der Waals surface area contributed by atoms with Crippen LogP contribution in [-0.2, 0) is 4.74 Å². The quantitative estimate of drug-likeness (QED) is 0.291. The molecule has 1 saturated heterocycles. The number of benzene rings is 3. The van der Waals surface area contributed by atoms with Crippen molar-refractivity contribution < 1.29 is 18.9 Å². The van der Waals surface area contributed by atoms with Crippen LogP contribution in [0.3, 0.4) is 0 Å². The maximum absolute atomic E-state index is 13.0. The Morgan fingerprint density at radius 1 is 1.11 bits per heavy atom. The van der Waals surface area contributed by atoms with Gasteiger partial charge in [-0.25, -0.2) is 4.98 Å². The van der Waals surface area contributed by atoms with Crippen LogP contribution in [0.2, 0.25) is 5.02 Å². The van der Waals surface area contributed by atoms with E-state index >= 15 is 0 Å². The Balaban J connectivity index is 1.42. The number of carbonyl (C=O) groups excluding carboxylic acids is 1. The highest BCUT2D eigenvalue weighted by atomic mass is 35.5. The van der Waals surface area contributed by atoms with Gasteiger partial charge in [0.1, 0.15) is 11.2 Å². The lowest BCUT2D eigenvalue weighted by atomic mass is 10.1. The van der Waals surface area contributed by atoms with Crippen molar-refractivity contribution in [2.24, 2.45) is 0 Å². The van der Waals surface area contributed by atoms with E-state index in [0.29, 0.717) is 65.3 Å². The molecule has 4 aromatic rings. The number of nitrogens with zero attached hydrogens (tertiary/aromatic N) is 3. The van der Waals surface area contributed by atoms with Crippen molar-refractivity contribution in [3.63, 3.8) is 0 Å². The van der Waals surface area contributed by atoms with Gasteiger partial charge in [0.15, 0.2) is 5.58 Å². The van der Waals surface area contributed by atoms with Gasteiger partial charge in [-0.3, -0.25) is 14.9 Å². The van der Waals surface area contributed by atoms with Crippen LogP contribution in [0.1, 0.15) is 15.9 Å². The summed E-state index contributed by atoms with van der Waals surface area (Å²) >= 11 is 6.04. The Labute approximate surface area is 205 Å². The van der Waals surface area contributed by atoms with E-state index in [0.717, 1.165) is 5.56 Å². The molecule has 1 aromatic heterocycles. The molecule has 2 heterocycles. The van der Waals surface area contributed by atoms with Crippen LogP contribution in [0.5, 0.6) is 0 Å². The topological polar surface area (TPSA) is 111 Å². The Bertz CT molecular complexity index is 1450. The number of aryl methyl sites for hydroxylation is 1. The highest BCUT2D eigenvalue weighted by Gasteiger charge is 2.23. The van der Waals surface area contributed by atoms with Crippen molar-refractivity contribution in [3.8, 4) is 11.5 Å². The van der Waals surface area contributed by atoms with Crippen molar-refractivity contribution >= 4 is 45.7 Å². The van der Waals surface area contributed by atoms with E-state index in [1.54, 1.807) is 36.4 Å². The molecule has 0 unspecified atom stereocenters. The van der Waals surface area contributed by atoms with Gasteiger partial charge in [-0.1, -0.05) is 17.7 Å². The molecule has 1 fully saturated rings. The number of aromatic nitrogens is 1. The van der Waals surface area contributed by atoms with E-state index in [-0.39, 0.29) is 11.3 Å². The molecule has 3 aromatic carbocycles. The molecule has 0 saturated carbocycles. The number of rotatable bonds is 5. The summed E-state index contributed by atoms with van der Waals surface area (Å²) in [4.78, 5) is 30.7. The number of ether oxygens (including phenoxy) is 1. The molecule has 1 N–H and O–H groups in total. The molecule has 9 nitrogen and oxygen atoms in total. The normalized spacial score (nSPS) is 13.7. The van der Waals surface area contributed by atoms with Crippen molar-refractivity contribution in [3.05, 3.63) is 80.9 Å². The number of nitrogens with one attached hydrogen (secondary N) is 1.